The number of nitrogens with zero attached hydrogens (tertiary/aromatic N) is 1. The molecule has 0 radical (unpaired) electrons. The van der Waals surface area contributed by atoms with Crippen LogP contribution in [0.2, 0.25) is 0 Å². The van der Waals surface area contributed by atoms with Gasteiger partial charge in [0.05, 0.1) is 11.3 Å². The maximum absolute atomic E-state index is 13.8. The van der Waals surface area contributed by atoms with Gasteiger partial charge in [-0.2, -0.15) is 0 Å². The monoisotopic (exact) mass is 300 g/mol. The van der Waals surface area contributed by atoms with Gasteiger partial charge in [-0.1, -0.05) is 6.92 Å². The number of thiazole rings is 1. The molecule has 2 rings (SSSR count). The van der Waals surface area contributed by atoms with Crippen LogP contribution in [0, 0.1) is 24.4 Å². The molecule has 0 saturated heterocycles. The second-order valence-corrected chi connectivity index (χ2v) is 5.52. The van der Waals surface area contributed by atoms with Gasteiger partial charge in [-0.3, -0.25) is 0 Å². The first kappa shape index (κ1) is 15.0. The Labute approximate surface area is 119 Å². The molecule has 0 bridgehead atoms. The molecule has 1 aromatic carbocycles. The predicted molar refractivity (Wildman–Crippen MR) is 74.3 cm³/mol. The highest BCUT2D eigenvalue weighted by molar-refractivity contribution is 7.15. The van der Waals surface area contributed by atoms with Gasteiger partial charge in [-0.05, 0) is 20.4 Å². The lowest BCUT2D eigenvalue weighted by Crippen LogP contribution is -2.17. The van der Waals surface area contributed by atoms with E-state index in [0.29, 0.717) is 12.1 Å². The van der Waals surface area contributed by atoms with Crippen LogP contribution in [-0.4, -0.2) is 11.5 Å². The van der Waals surface area contributed by atoms with Gasteiger partial charge in [0.2, 0.25) is 0 Å². The zero-order valence-corrected chi connectivity index (χ0v) is 12.2. The number of aromatic nitrogens is 1. The van der Waals surface area contributed by atoms with Gasteiger partial charge < -0.3 is 5.32 Å². The zero-order chi connectivity index (χ0) is 14.9. The van der Waals surface area contributed by atoms with Crippen molar-refractivity contribution in [3.8, 4) is 10.6 Å². The fraction of sp³-hybridized carbons (Fsp3) is 0.357. The summed E-state index contributed by atoms with van der Waals surface area (Å²) in [4.78, 5) is 5.13. The van der Waals surface area contributed by atoms with E-state index in [-0.39, 0.29) is 16.6 Å². The van der Waals surface area contributed by atoms with E-state index < -0.39 is 17.5 Å². The van der Waals surface area contributed by atoms with Crippen LogP contribution in [0.1, 0.15) is 30.5 Å². The van der Waals surface area contributed by atoms with E-state index in [4.69, 9.17) is 0 Å². The minimum atomic E-state index is -0.932. The van der Waals surface area contributed by atoms with Gasteiger partial charge in [0.15, 0.2) is 0 Å². The molecule has 1 unspecified atom stereocenters. The maximum atomic E-state index is 13.8. The minimum absolute atomic E-state index is 0.0535. The topological polar surface area (TPSA) is 24.9 Å². The van der Waals surface area contributed by atoms with Gasteiger partial charge in [0.1, 0.15) is 22.5 Å². The van der Waals surface area contributed by atoms with Crippen LogP contribution in [0.4, 0.5) is 13.2 Å². The predicted octanol–water partition coefficient (Wildman–Crippen LogP) is 4.21. The fourth-order valence-electron chi connectivity index (χ4n) is 2.06. The highest BCUT2D eigenvalue weighted by Gasteiger charge is 2.20. The van der Waals surface area contributed by atoms with Crippen molar-refractivity contribution in [2.75, 3.05) is 6.54 Å². The quantitative estimate of drug-likeness (QED) is 0.915. The summed E-state index contributed by atoms with van der Waals surface area (Å²) < 4.78 is 40.4. The summed E-state index contributed by atoms with van der Waals surface area (Å²) in [6.45, 7) is 6.52. The minimum Gasteiger partial charge on any atom is -0.310 e. The van der Waals surface area contributed by atoms with E-state index in [9.17, 15) is 13.2 Å². The molecule has 1 aromatic heterocycles. The average molecular weight is 300 g/mol. The molecule has 0 spiro atoms. The summed E-state index contributed by atoms with van der Waals surface area (Å²) in [6.07, 6.45) is 0. The van der Waals surface area contributed by atoms with E-state index in [2.05, 4.69) is 10.3 Å². The van der Waals surface area contributed by atoms with E-state index in [0.717, 1.165) is 17.1 Å². The van der Waals surface area contributed by atoms with Gasteiger partial charge in [0, 0.05) is 23.1 Å². The van der Waals surface area contributed by atoms with Crippen molar-refractivity contribution in [1.82, 2.24) is 10.3 Å². The first-order valence-electron chi connectivity index (χ1n) is 6.29. The van der Waals surface area contributed by atoms with Crippen LogP contribution < -0.4 is 5.32 Å². The van der Waals surface area contributed by atoms with Crippen LogP contribution in [-0.2, 0) is 0 Å². The molecule has 1 atom stereocenters. The lowest BCUT2D eigenvalue weighted by atomic mass is 10.2. The van der Waals surface area contributed by atoms with E-state index >= 15 is 0 Å². The summed E-state index contributed by atoms with van der Waals surface area (Å²) in [6, 6.07) is 1.39. The van der Waals surface area contributed by atoms with Crippen molar-refractivity contribution in [1.29, 1.82) is 0 Å². The highest BCUT2D eigenvalue weighted by Crippen LogP contribution is 2.34. The molecule has 0 saturated carbocycles. The Hall–Kier alpha value is -1.40. The maximum Gasteiger partial charge on any atom is 0.139 e. The van der Waals surface area contributed by atoms with Crippen molar-refractivity contribution in [2.45, 2.75) is 26.8 Å². The fourth-order valence-corrected chi connectivity index (χ4v) is 3.20. The number of benzene rings is 1. The van der Waals surface area contributed by atoms with Crippen LogP contribution in [0.15, 0.2) is 12.1 Å². The Kier molecular flexibility index (Phi) is 4.45. The molecule has 2 aromatic rings. The molecule has 20 heavy (non-hydrogen) atoms. The third-order valence-electron chi connectivity index (χ3n) is 2.96. The van der Waals surface area contributed by atoms with Crippen LogP contribution >= 0.6 is 11.3 Å². The summed E-state index contributed by atoms with van der Waals surface area (Å²) >= 11 is 1.22. The molecule has 0 aliphatic carbocycles. The Morgan fingerprint density at radius 1 is 1.25 bits per heavy atom. The molecule has 0 fully saturated rings. The van der Waals surface area contributed by atoms with Crippen LogP contribution in [0.25, 0.3) is 10.6 Å². The zero-order valence-electron chi connectivity index (χ0n) is 11.4. The molecular weight excluding hydrogens is 285 g/mol. The SMILES string of the molecule is CCNC(C)c1sc(-c2c(F)cc(F)cc2F)nc1C. The molecule has 0 aliphatic rings. The largest absolute Gasteiger partial charge is 0.310 e. The standard InChI is InChI=1S/C14H15F3N2S/c1-4-18-7(2)13-8(3)19-14(20-13)12-10(16)5-9(15)6-11(12)17/h5-7,18H,4H2,1-3H3. The lowest BCUT2D eigenvalue weighted by molar-refractivity contribution is 0.548. The summed E-state index contributed by atoms with van der Waals surface area (Å²) in [5, 5.41) is 3.46. The summed E-state index contributed by atoms with van der Waals surface area (Å²) in [5.74, 6) is -2.80. The number of rotatable bonds is 4. The first-order chi connectivity index (χ1) is 9.43. The molecule has 108 valence electrons. The van der Waals surface area contributed by atoms with E-state index in [1.165, 1.54) is 11.3 Å². The summed E-state index contributed by atoms with van der Waals surface area (Å²) in [7, 11) is 0. The van der Waals surface area contributed by atoms with Gasteiger partial charge >= 0.3 is 0 Å². The van der Waals surface area contributed by atoms with E-state index in [1.54, 1.807) is 6.92 Å². The first-order valence-corrected chi connectivity index (χ1v) is 7.11. The molecule has 6 heteroatoms. The van der Waals surface area contributed by atoms with Crippen molar-refractivity contribution < 1.29 is 13.2 Å². The van der Waals surface area contributed by atoms with Gasteiger partial charge in [0.25, 0.3) is 0 Å². The molecule has 1 heterocycles. The second kappa shape index (κ2) is 5.93. The van der Waals surface area contributed by atoms with Gasteiger partial charge in [-0.25, -0.2) is 18.2 Å². The number of nitrogens with one attached hydrogen (secondary N) is 1. The molecule has 1 N–H and O–H groups in total. The Morgan fingerprint density at radius 3 is 2.40 bits per heavy atom. The molecule has 0 aliphatic heterocycles. The number of hydrogen-bond donors (Lipinski definition) is 1. The Morgan fingerprint density at radius 2 is 1.85 bits per heavy atom. The number of aryl methyl sites for hydroxylation is 1. The Bertz CT molecular complexity index is 602. The smallest absolute Gasteiger partial charge is 0.139 e. The third kappa shape index (κ3) is 2.86. The van der Waals surface area contributed by atoms with Crippen molar-refractivity contribution in [2.24, 2.45) is 0 Å². The van der Waals surface area contributed by atoms with Crippen LogP contribution in [0.3, 0.4) is 0 Å². The normalized spacial score (nSPS) is 12.7. The van der Waals surface area contributed by atoms with Crippen LogP contribution in [0.5, 0.6) is 0 Å². The third-order valence-corrected chi connectivity index (χ3v) is 4.31. The second-order valence-electron chi connectivity index (χ2n) is 4.49. The van der Waals surface area contributed by atoms with E-state index in [1.807, 2.05) is 13.8 Å². The van der Waals surface area contributed by atoms with Crippen molar-refractivity contribution in [3.05, 3.63) is 40.2 Å². The van der Waals surface area contributed by atoms with Crippen molar-refractivity contribution >= 4 is 11.3 Å². The number of hydrogen-bond acceptors (Lipinski definition) is 3. The Balaban J connectivity index is 2.47. The molecule has 0 amide bonds. The summed E-state index contributed by atoms with van der Waals surface area (Å²) in [5.41, 5.74) is 0.455. The lowest BCUT2D eigenvalue weighted by Gasteiger charge is -2.09. The van der Waals surface area contributed by atoms with Gasteiger partial charge in [-0.15, -0.1) is 11.3 Å². The highest BCUT2D eigenvalue weighted by atomic mass is 32.1. The molecule has 2 nitrogen and oxygen atoms in total. The average Bonchev–Trinajstić information content (AvgIpc) is 2.70. The molecular formula is C14H15F3N2S. The number of halogens is 3. The van der Waals surface area contributed by atoms with Crippen molar-refractivity contribution in [3.63, 3.8) is 0 Å².